The number of imidazole rings is 1. The van der Waals surface area contributed by atoms with E-state index in [0.29, 0.717) is 25.9 Å². The average molecular weight is 301 g/mol. The van der Waals surface area contributed by atoms with Gasteiger partial charge in [-0.1, -0.05) is 26.0 Å². The third-order valence-electron chi connectivity index (χ3n) is 4.34. The van der Waals surface area contributed by atoms with E-state index < -0.39 is 11.4 Å². The number of nitrogens with zero attached hydrogens (tertiary/aromatic N) is 2. The molecular formula is C17H23N3O2. The number of hydrogen-bond donors (Lipinski definition) is 2. The molecule has 0 aliphatic carbocycles. The van der Waals surface area contributed by atoms with Crippen molar-refractivity contribution in [2.24, 2.45) is 5.41 Å². The number of nitrogens with one attached hydrogen (secondary N) is 1. The Morgan fingerprint density at radius 3 is 2.45 bits per heavy atom. The molecule has 1 aromatic heterocycles. The summed E-state index contributed by atoms with van der Waals surface area (Å²) in [6.45, 7) is 5.01. The lowest BCUT2D eigenvalue weighted by atomic mass is 9.82. The van der Waals surface area contributed by atoms with Crippen molar-refractivity contribution in [1.29, 1.82) is 0 Å². The Morgan fingerprint density at radius 2 is 1.95 bits per heavy atom. The zero-order chi connectivity index (χ0) is 16.0. The van der Waals surface area contributed by atoms with Gasteiger partial charge in [0.15, 0.2) is 0 Å². The maximum atomic E-state index is 11.5. The van der Waals surface area contributed by atoms with E-state index in [0.717, 1.165) is 11.3 Å². The van der Waals surface area contributed by atoms with E-state index in [1.165, 1.54) is 0 Å². The molecule has 0 amide bonds. The van der Waals surface area contributed by atoms with E-state index in [9.17, 15) is 9.90 Å². The Hall–Kier alpha value is -2.14. The summed E-state index contributed by atoms with van der Waals surface area (Å²) in [6.07, 6.45) is 6.67. The quantitative estimate of drug-likeness (QED) is 0.787. The molecule has 118 valence electrons. The summed E-state index contributed by atoms with van der Waals surface area (Å²) < 4.78 is 1.95. The van der Waals surface area contributed by atoms with Crippen molar-refractivity contribution in [3.8, 4) is 5.69 Å². The predicted octanol–water partition coefficient (Wildman–Crippen LogP) is 2.85. The number of benzene rings is 1. The summed E-state index contributed by atoms with van der Waals surface area (Å²) in [6, 6.07) is 8.15. The molecule has 0 saturated heterocycles. The maximum absolute atomic E-state index is 11.5. The maximum Gasteiger partial charge on any atom is 0.310 e. The van der Waals surface area contributed by atoms with Crippen LogP contribution in [-0.2, 0) is 11.3 Å². The van der Waals surface area contributed by atoms with Crippen molar-refractivity contribution in [1.82, 2.24) is 14.9 Å². The number of carboxylic acids is 1. The lowest BCUT2D eigenvalue weighted by molar-refractivity contribution is -0.149. The number of aliphatic carboxylic acids is 1. The van der Waals surface area contributed by atoms with Crippen molar-refractivity contribution in [3.05, 3.63) is 48.5 Å². The van der Waals surface area contributed by atoms with Crippen LogP contribution in [0.3, 0.4) is 0 Å². The van der Waals surface area contributed by atoms with Gasteiger partial charge in [-0.05, 0) is 30.5 Å². The van der Waals surface area contributed by atoms with Gasteiger partial charge in [-0.25, -0.2) is 4.98 Å². The molecule has 0 saturated carbocycles. The molecule has 2 N–H and O–H groups in total. The van der Waals surface area contributed by atoms with Crippen LogP contribution in [0.25, 0.3) is 5.69 Å². The largest absolute Gasteiger partial charge is 0.481 e. The Kier molecular flexibility index (Phi) is 5.33. The second-order valence-corrected chi connectivity index (χ2v) is 5.53. The van der Waals surface area contributed by atoms with Gasteiger partial charge in [-0.15, -0.1) is 0 Å². The van der Waals surface area contributed by atoms with E-state index in [-0.39, 0.29) is 0 Å². The van der Waals surface area contributed by atoms with Gasteiger partial charge in [0.2, 0.25) is 0 Å². The van der Waals surface area contributed by atoms with Crippen molar-refractivity contribution >= 4 is 5.97 Å². The monoisotopic (exact) mass is 301 g/mol. The molecule has 0 bridgehead atoms. The molecule has 0 fully saturated rings. The highest BCUT2D eigenvalue weighted by atomic mass is 16.4. The number of carbonyl (C=O) groups is 1. The highest BCUT2D eigenvalue weighted by molar-refractivity contribution is 5.74. The third kappa shape index (κ3) is 3.54. The first-order valence-electron chi connectivity index (χ1n) is 7.62. The number of rotatable bonds is 8. The van der Waals surface area contributed by atoms with Crippen LogP contribution in [0.5, 0.6) is 0 Å². The summed E-state index contributed by atoms with van der Waals surface area (Å²) in [4.78, 5) is 15.5. The van der Waals surface area contributed by atoms with Gasteiger partial charge in [-0.3, -0.25) is 4.79 Å². The van der Waals surface area contributed by atoms with E-state index in [4.69, 9.17) is 0 Å². The fourth-order valence-electron chi connectivity index (χ4n) is 2.52. The van der Waals surface area contributed by atoms with Gasteiger partial charge in [0, 0.05) is 31.2 Å². The van der Waals surface area contributed by atoms with Crippen LogP contribution in [0, 0.1) is 5.41 Å². The molecule has 0 aliphatic rings. The Morgan fingerprint density at radius 1 is 1.27 bits per heavy atom. The van der Waals surface area contributed by atoms with Gasteiger partial charge >= 0.3 is 5.97 Å². The zero-order valence-electron chi connectivity index (χ0n) is 13.1. The van der Waals surface area contributed by atoms with Crippen LogP contribution in [0.1, 0.15) is 32.3 Å². The molecule has 2 rings (SSSR count). The first kappa shape index (κ1) is 16.2. The molecule has 5 heteroatoms. The summed E-state index contributed by atoms with van der Waals surface area (Å²) in [5.74, 6) is -0.722. The molecule has 5 nitrogen and oxygen atoms in total. The normalized spacial score (nSPS) is 11.5. The molecule has 0 atom stereocenters. The average Bonchev–Trinajstić information content (AvgIpc) is 3.06. The lowest BCUT2D eigenvalue weighted by Gasteiger charge is -2.27. The lowest BCUT2D eigenvalue weighted by Crippen LogP contribution is -2.39. The van der Waals surface area contributed by atoms with Gasteiger partial charge in [0.05, 0.1) is 11.7 Å². The van der Waals surface area contributed by atoms with Crippen LogP contribution < -0.4 is 5.32 Å². The van der Waals surface area contributed by atoms with Crippen molar-refractivity contribution < 1.29 is 9.90 Å². The van der Waals surface area contributed by atoms with Crippen molar-refractivity contribution in [3.63, 3.8) is 0 Å². The summed E-state index contributed by atoms with van der Waals surface area (Å²) in [7, 11) is 0. The molecule has 1 heterocycles. The van der Waals surface area contributed by atoms with Gasteiger partial charge in [0.25, 0.3) is 0 Å². The second-order valence-electron chi connectivity index (χ2n) is 5.53. The van der Waals surface area contributed by atoms with E-state index in [1.54, 1.807) is 12.5 Å². The van der Waals surface area contributed by atoms with Gasteiger partial charge in [0.1, 0.15) is 0 Å². The molecule has 0 unspecified atom stereocenters. The molecular weight excluding hydrogens is 278 g/mol. The highest BCUT2D eigenvalue weighted by Crippen LogP contribution is 2.25. The summed E-state index contributed by atoms with van der Waals surface area (Å²) in [5.41, 5.74) is 1.52. The molecule has 0 spiro atoms. The highest BCUT2D eigenvalue weighted by Gasteiger charge is 2.34. The first-order chi connectivity index (χ1) is 10.6. The van der Waals surface area contributed by atoms with Crippen LogP contribution >= 0.6 is 0 Å². The van der Waals surface area contributed by atoms with Gasteiger partial charge < -0.3 is 15.0 Å². The van der Waals surface area contributed by atoms with Crippen molar-refractivity contribution in [2.45, 2.75) is 33.2 Å². The molecule has 2 aromatic rings. The Labute approximate surface area is 131 Å². The Bertz CT molecular complexity index is 587. The SMILES string of the molecule is CCC(CC)(CNCc1ccc(-n2ccnc2)cc1)C(=O)O. The third-order valence-corrected chi connectivity index (χ3v) is 4.34. The van der Waals surface area contributed by atoms with E-state index in [1.807, 2.05) is 48.9 Å². The summed E-state index contributed by atoms with van der Waals surface area (Å²) in [5, 5.41) is 12.7. The number of hydrogen-bond acceptors (Lipinski definition) is 3. The minimum absolute atomic E-state index is 0.485. The Balaban J connectivity index is 1.93. The fraction of sp³-hybridized carbons (Fsp3) is 0.412. The second kappa shape index (κ2) is 7.22. The first-order valence-corrected chi connectivity index (χ1v) is 7.62. The van der Waals surface area contributed by atoms with Crippen LogP contribution in [0.4, 0.5) is 0 Å². The van der Waals surface area contributed by atoms with E-state index >= 15 is 0 Å². The molecule has 22 heavy (non-hydrogen) atoms. The standard InChI is InChI=1S/C17H23N3O2/c1-3-17(4-2,16(21)22)12-19-11-14-5-7-15(8-6-14)20-10-9-18-13-20/h5-10,13,19H,3-4,11-12H2,1-2H3,(H,21,22). The smallest absolute Gasteiger partial charge is 0.310 e. The van der Waals surface area contributed by atoms with Crippen molar-refractivity contribution in [2.75, 3.05) is 6.54 Å². The minimum atomic E-state index is -0.722. The number of carboxylic acid groups (broad SMARTS) is 1. The summed E-state index contributed by atoms with van der Waals surface area (Å²) >= 11 is 0. The van der Waals surface area contributed by atoms with Crippen LogP contribution in [0.2, 0.25) is 0 Å². The van der Waals surface area contributed by atoms with Crippen LogP contribution in [0.15, 0.2) is 43.0 Å². The topological polar surface area (TPSA) is 67.2 Å². The minimum Gasteiger partial charge on any atom is -0.481 e. The predicted molar refractivity (Wildman–Crippen MR) is 85.9 cm³/mol. The number of aromatic nitrogens is 2. The fourth-order valence-corrected chi connectivity index (χ4v) is 2.52. The molecule has 0 aliphatic heterocycles. The van der Waals surface area contributed by atoms with Crippen LogP contribution in [-0.4, -0.2) is 27.2 Å². The molecule has 1 aromatic carbocycles. The zero-order valence-corrected chi connectivity index (χ0v) is 13.1. The molecule has 0 radical (unpaired) electrons. The van der Waals surface area contributed by atoms with E-state index in [2.05, 4.69) is 10.3 Å². The van der Waals surface area contributed by atoms with Gasteiger partial charge in [-0.2, -0.15) is 0 Å².